The Balaban J connectivity index is 1.90. The van der Waals surface area contributed by atoms with E-state index in [0.29, 0.717) is 18.8 Å². The highest BCUT2D eigenvalue weighted by atomic mass is 19.1. The zero-order valence-corrected chi connectivity index (χ0v) is 24.2. The van der Waals surface area contributed by atoms with Gasteiger partial charge in [-0.05, 0) is 66.3 Å². The number of nitrogens with two attached hydrogens (primary N) is 1. The number of hydrogen-bond acceptors (Lipinski definition) is 5. The molecule has 0 saturated heterocycles. The average Bonchev–Trinajstić information content (AvgIpc) is 3.33. The summed E-state index contributed by atoms with van der Waals surface area (Å²) in [5, 5.41) is 21.2. The van der Waals surface area contributed by atoms with E-state index in [1.165, 1.54) is 19.2 Å². The molecule has 0 spiro atoms. The summed E-state index contributed by atoms with van der Waals surface area (Å²) in [6.07, 6.45) is -1.78. The van der Waals surface area contributed by atoms with Gasteiger partial charge in [-0.1, -0.05) is 62.4 Å². The predicted molar refractivity (Wildman–Crippen MR) is 164 cm³/mol. The minimum atomic E-state index is -1.03. The molecule has 0 amide bonds. The number of esters is 1. The highest BCUT2D eigenvalue weighted by Crippen LogP contribution is 2.42. The molecule has 0 fully saturated rings. The van der Waals surface area contributed by atoms with Crippen molar-refractivity contribution in [1.82, 2.24) is 4.57 Å². The summed E-state index contributed by atoms with van der Waals surface area (Å²) in [7, 11) is 1.26. The number of nitrogens with zero attached hydrogens (tertiary/aromatic N) is 2. The fraction of sp³-hybridized carbons (Fsp3) is 0.294. The van der Waals surface area contributed by atoms with Crippen LogP contribution in [0.25, 0.3) is 22.4 Å². The van der Waals surface area contributed by atoms with Gasteiger partial charge in [-0.15, -0.1) is 0 Å². The van der Waals surface area contributed by atoms with Crippen molar-refractivity contribution in [2.75, 3.05) is 7.11 Å². The van der Waals surface area contributed by atoms with Crippen LogP contribution < -0.4 is 5.73 Å². The summed E-state index contributed by atoms with van der Waals surface area (Å²) in [4.78, 5) is 16.4. The minimum Gasteiger partial charge on any atom is -0.469 e. The number of rotatable bonds is 12. The molecule has 7 nitrogen and oxygen atoms in total. The number of aromatic nitrogens is 1. The number of hydrogen-bond donors (Lipinski definition) is 3. The molecule has 0 aliphatic carbocycles. The summed E-state index contributed by atoms with van der Waals surface area (Å²) in [5.74, 6) is -0.531. The first kappa shape index (κ1) is 30.7. The Kier molecular flexibility index (Phi) is 10.3. The number of carbonyl (C=O) groups is 1. The molecule has 42 heavy (non-hydrogen) atoms. The summed E-state index contributed by atoms with van der Waals surface area (Å²) >= 11 is 0. The molecule has 0 saturated carbocycles. The highest BCUT2D eigenvalue weighted by Gasteiger charge is 2.29. The lowest BCUT2D eigenvalue weighted by atomic mass is 9.94. The summed E-state index contributed by atoms with van der Waals surface area (Å²) in [6.45, 7) is 4.53. The molecule has 1 heterocycles. The zero-order chi connectivity index (χ0) is 30.2. The number of aliphatic hydroxyl groups is 2. The van der Waals surface area contributed by atoms with Crippen molar-refractivity contribution >= 4 is 17.5 Å². The van der Waals surface area contributed by atoms with Gasteiger partial charge in [-0.2, -0.15) is 0 Å². The van der Waals surface area contributed by atoms with Gasteiger partial charge in [0.2, 0.25) is 0 Å². The van der Waals surface area contributed by atoms with Gasteiger partial charge in [0.25, 0.3) is 0 Å². The normalized spacial score (nSPS) is 13.3. The van der Waals surface area contributed by atoms with Gasteiger partial charge in [0.1, 0.15) is 11.7 Å². The first-order chi connectivity index (χ1) is 20.2. The number of aliphatic imine (C=N–C) groups is 1. The van der Waals surface area contributed by atoms with Crippen LogP contribution in [0.15, 0.2) is 89.9 Å². The monoisotopic (exact) mass is 571 g/mol. The van der Waals surface area contributed by atoms with Crippen molar-refractivity contribution in [2.45, 2.75) is 57.8 Å². The van der Waals surface area contributed by atoms with E-state index >= 15 is 0 Å². The van der Waals surface area contributed by atoms with Gasteiger partial charge in [-0.3, -0.25) is 4.79 Å². The van der Waals surface area contributed by atoms with Gasteiger partial charge >= 0.3 is 5.97 Å². The fourth-order valence-corrected chi connectivity index (χ4v) is 5.29. The molecular formula is C34H38FN3O4. The van der Waals surface area contributed by atoms with E-state index in [2.05, 4.69) is 23.2 Å². The lowest BCUT2D eigenvalue weighted by Gasteiger charge is -2.20. The number of ether oxygens (including phenoxy) is 1. The van der Waals surface area contributed by atoms with E-state index in [9.17, 15) is 19.4 Å². The van der Waals surface area contributed by atoms with Crippen LogP contribution >= 0.6 is 0 Å². The maximum absolute atomic E-state index is 14.1. The largest absolute Gasteiger partial charge is 0.469 e. The van der Waals surface area contributed by atoms with E-state index in [1.54, 1.807) is 12.1 Å². The molecule has 0 radical (unpaired) electrons. The summed E-state index contributed by atoms with van der Waals surface area (Å²) in [6, 6.07) is 25.7. The molecule has 0 aliphatic heterocycles. The molecule has 4 aromatic rings. The molecular weight excluding hydrogens is 533 g/mol. The molecule has 0 unspecified atom stereocenters. The van der Waals surface area contributed by atoms with Crippen molar-refractivity contribution in [2.24, 2.45) is 10.7 Å². The van der Waals surface area contributed by atoms with Crippen LogP contribution in [-0.4, -0.2) is 45.9 Å². The minimum absolute atomic E-state index is 0.00300. The fourth-order valence-electron chi connectivity index (χ4n) is 5.29. The van der Waals surface area contributed by atoms with Crippen molar-refractivity contribution in [3.05, 3.63) is 102 Å². The number of aliphatic hydroxyl groups excluding tert-OH is 2. The molecule has 220 valence electrons. The second-order valence-corrected chi connectivity index (χ2v) is 10.6. The zero-order valence-electron chi connectivity index (χ0n) is 24.2. The maximum atomic E-state index is 14.1. The van der Waals surface area contributed by atoms with Gasteiger partial charge in [-0.25, -0.2) is 9.38 Å². The number of benzene rings is 3. The number of amidine groups is 1. The highest BCUT2D eigenvalue weighted by molar-refractivity contribution is 6.09. The van der Waals surface area contributed by atoms with Crippen molar-refractivity contribution in [3.8, 4) is 22.4 Å². The van der Waals surface area contributed by atoms with Crippen LogP contribution in [0.3, 0.4) is 0 Å². The average molecular weight is 572 g/mol. The molecule has 0 bridgehead atoms. The van der Waals surface area contributed by atoms with Gasteiger partial charge in [0.05, 0.1) is 37.1 Å². The Morgan fingerprint density at radius 1 is 0.929 bits per heavy atom. The third-order valence-electron chi connectivity index (χ3n) is 7.15. The van der Waals surface area contributed by atoms with Gasteiger partial charge in [0.15, 0.2) is 0 Å². The van der Waals surface area contributed by atoms with Gasteiger partial charge in [0, 0.05) is 23.4 Å². The van der Waals surface area contributed by atoms with E-state index in [4.69, 9.17) is 10.7 Å². The van der Waals surface area contributed by atoms with Crippen LogP contribution in [0.5, 0.6) is 0 Å². The SMILES string of the molecule is COC(=O)C[C@H](O)C[C@H](O)CCn1c(-c2ccc(F)cc2)c(-c2ccccc2)c(C(N)=Nc2ccccc2)c1C(C)C. The number of carbonyl (C=O) groups excluding carboxylic acids is 1. The lowest BCUT2D eigenvalue weighted by Crippen LogP contribution is -2.23. The van der Waals surface area contributed by atoms with Crippen LogP contribution in [0.1, 0.15) is 50.3 Å². The van der Waals surface area contributed by atoms with Crippen LogP contribution in [-0.2, 0) is 16.1 Å². The molecule has 8 heteroatoms. The topological polar surface area (TPSA) is 110 Å². The molecule has 1 aromatic heterocycles. The summed E-state index contributed by atoms with van der Waals surface area (Å²) < 4.78 is 20.8. The van der Waals surface area contributed by atoms with Crippen molar-refractivity contribution in [3.63, 3.8) is 0 Å². The van der Waals surface area contributed by atoms with Crippen LogP contribution in [0.4, 0.5) is 10.1 Å². The molecule has 2 atom stereocenters. The third-order valence-corrected chi connectivity index (χ3v) is 7.15. The smallest absolute Gasteiger partial charge is 0.308 e. The van der Waals surface area contributed by atoms with E-state index in [-0.39, 0.29) is 24.6 Å². The van der Waals surface area contributed by atoms with Gasteiger partial charge < -0.3 is 25.3 Å². The number of methoxy groups -OCH3 is 1. The van der Waals surface area contributed by atoms with Crippen molar-refractivity contribution in [1.29, 1.82) is 0 Å². The predicted octanol–water partition coefficient (Wildman–Crippen LogP) is 6.19. The Morgan fingerprint density at radius 3 is 2.14 bits per heavy atom. The second kappa shape index (κ2) is 14.1. The third kappa shape index (κ3) is 7.32. The number of para-hydroxylation sites is 1. The molecule has 3 aromatic carbocycles. The summed E-state index contributed by atoms with van der Waals surface area (Å²) in [5.41, 5.74) is 12.6. The number of halogens is 1. The molecule has 4 rings (SSSR count). The Hall–Kier alpha value is -4.27. The first-order valence-electron chi connectivity index (χ1n) is 14.1. The second-order valence-electron chi connectivity index (χ2n) is 10.6. The Labute approximate surface area is 246 Å². The Morgan fingerprint density at radius 2 is 1.55 bits per heavy atom. The molecule has 4 N–H and O–H groups in total. The van der Waals surface area contributed by atoms with E-state index in [0.717, 1.165) is 39.3 Å². The van der Waals surface area contributed by atoms with Crippen molar-refractivity contribution < 1.29 is 24.1 Å². The Bertz CT molecular complexity index is 1500. The molecule has 0 aliphatic rings. The quantitative estimate of drug-likeness (QED) is 0.107. The first-order valence-corrected chi connectivity index (χ1v) is 14.1. The van der Waals surface area contributed by atoms with Crippen LogP contribution in [0, 0.1) is 5.82 Å². The lowest BCUT2D eigenvalue weighted by molar-refractivity contribution is -0.143. The van der Waals surface area contributed by atoms with E-state index < -0.39 is 18.2 Å². The maximum Gasteiger partial charge on any atom is 0.308 e. The van der Waals surface area contributed by atoms with E-state index in [1.807, 2.05) is 60.7 Å². The van der Waals surface area contributed by atoms with Crippen LogP contribution in [0.2, 0.25) is 0 Å². The standard InChI is InChI=1S/C34H38FN3O4/c1-22(2)32-31(34(36)37-26-12-8-5-9-13-26)30(23-10-6-4-7-11-23)33(24-14-16-25(35)17-15-24)38(32)19-18-27(39)20-28(40)21-29(41)42-3/h4-17,22,27-28,39-40H,18-21H2,1-3H3,(H2,36,37)/t27-,28-/m1/s1.